The third kappa shape index (κ3) is 3.80. The van der Waals surface area contributed by atoms with Crippen molar-refractivity contribution < 1.29 is 19.8 Å². The molecule has 0 atom stereocenters. The van der Waals surface area contributed by atoms with Crippen molar-refractivity contribution in [3.05, 3.63) is 132 Å². The first kappa shape index (κ1) is 23.2. The Morgan fingerprint density at radius 3 is 1.16 bits per heavy atom. The molecule has 182 valence electrons. The highest BCUT2D eigenvalue weighted by atomic mass is 16.4. The van der Waals surface area contributed by atoms with Crippen molar-refractivity contribution >= 4 is 33.5 Å². The van der Waals surface area contributed by atoms with Crippen molar-refractivity contribution in [1.29, 1.82) is 0 Å². The van der Waals surface area contributed by atoms with E-state index < -0.39 is 11.9 Å². The van der Waals surface area contributed by atoms with Crippen LogP contribution < -0.4 is 0 Å². The molecular formula is C34H22O4. The quantitative estimate of drug-likeness (QED) is 0.252. The number of carboxylic acid groups (broad SMARTS) is 2. The molecule has 0 aliphatic heterocycles. The molecule has 0 aliphatic rings. The van der Waals surface area contributed by atoms with Crippen LogP contribution in [0.5, 0.6) is 0 Å². The smallest absolute Gasteiger partial charge is 0.336 e. The molecule has 0 aliphatic carbocycles. The van der Waals surface area contributed by atoms with Gasteiger partial charge in [0.2, 0.25) is 0 Å². The van der Waals surface area contributed by atoms with Crippen LogP contribution in [0.1, 0.15) is 20.7 Å². The summed E-state index contributed by atoms with van der Waals surface area (Å²) < 4.78 is 0. The first-order valence-electron chi connectivity index (χ1n) is 12.2. The Kier molecular flexibility index (Phi) is 5.70. The van der Waals surface area contributed by atoms with E-state index in [9.17, 15) is 19.8 Å². The van der Waals surface area contributed by atoms with Gasteiger partial charge in [-0.2, -0.15) is 0 Å². The van der Waals surface area contributed by atoms with Crippen molar-refractivity contribution in [3.8, 4) is 33.4 Å². The largest absolute Gasteiger partial charge is 0.478 e. The monoisotopic (exact) mass is 494 g/mol. The summed E-state index contributed by atoms with van der Waals surface area (Å²) in [6.07, 6.45) is 0. The van der Waals surface area contributed by atoms with E-state index in [4.69, 9.17) is 0 Å². The van der Waals surface area contributed by atoms with Gasteiger partial charge in [0.05, 0.1) is 11.1 Å². The molecule has 0 fully saturated rings. The highest BCUT2D eigenvalue weighted by Gasteiger charge is 2.28. The second kappa shape index (κ2) is 9.34. The van der Waals surface area contributed by atoms with Gasteiger partial charge in [-0.25, -0.2) is 9.59 Å². The van der Waals surface area contributed by atoms with E-state index in [1.165, 1.54) is 0 Å². The van der Waals surface area contributed by atoms with Crippen molar-refractivity contribution in [2.75, 3.05) is 0 Å². The molecule has 0 aromatic heterocycles. The Morgan fingerprint density at radius 1 is 0.447 bits per heavy atom. The van der Waals surface area contributed by atoms with E-state index in [0.29, 0.717) is 33.0 Å². The molecule has 4 heteroatoms. The summed E-state index contributed by atoms with van der Waals surface area (Å²) in [5.74, 6) is -2.23. The Morgan fingerprint density at radius 2 is 0.789 bits per heavy atom. The standard InChI is InChI=1S/C34H22O4/c35-33(36)31-27(21-11-3-1-4-12-21)19-23-15-7-9-17-25(23)29(31)30-26-18-10-8-16-24(26)20-28(32(30)34(37)38)22-13-5-2-6-14-22/h1-20H,(H,35,36)(H,37,38). The molecular weight excluding hydrogens is 472 g/mol. The summed E-state index contributed by atoms with van der Waals surface area (Å²) in [5.41, 5.74) is 3.53. The summed E-state index contributed by atoms with van der Waals surface area (Å²) in [4.78, 5) is 26.1. The molecule has 4 nitrogen and oxygen atoms in total. The van der Waals surface area contributed by atoms with E-state index in [0.717, 1.165) is 21.9 Å². The van der Waals surface area contributed by atoms with Crippen LogP contribution in [0.15, 0.2) is 121 Å². The topological polar surface area (TPSA) is 74.6 Å². The highest BCUT2D eigenvalue weighted by molar-refractivity contribution is 6.21. The van der Waals surface area contributed by atoms with E-state index >= 15 is 0 Å². The number of benzene rings is 6. The van der Waals surface area contributed by atoms with Gasteiger partial charge in [0.25, 0.3) is 0 Å². The van der Waals surface area contributed by atoms with Crippen molar-refractivity contribution in [2.45, 2.75) is 0 Å². The maximum Gasteiger partial charge on any atom is 0.336 e. The van der Waals surface area contributed by atoms with E-state index in [1.807, 2.05) is 121 Å². The van der Waals surface area contributed by atoms with Crippen molar-refractivity contribution in [3.63, 3.8) is 0 Å². The van der Waals surface area contributed by atoms with E-state index in [2.05, 4.69) is 0 Å². The molecule has 0 bridgehead atoms. The van der Waals surface area contributed by atoms with Crippen LogP contribution in [0.25, 0.3) is 54.9 Å². The van der Waals surface area contributed by atoms with E-state index in [1.54, 1.807) is 0 Å². The normalized spacial score (nSPS) is 11.1. The summed E-state index contributed by atoms with van der Waals surface area (Å²) in [6.45, 7) is 0. The van der Waals surface area contributed by atoms with Gasteiger partial charge in [-0.15, -0.1) is 0 Å². The highest BCUT2D eigenvalue weighted by Crippen LogP contribution is 2.45. The van der Waals surface area contributed by atoms with Crippen LogP contribution in [0, 0.1) is 0 Å². The minimum absolute atomic E-state index is 0.0766. The summed E-state index contributed by atoms with van der Waals surface area (Å²) >= 11 is 0. The Labute approximate surface area is 219 Å². The van der Waals surface area contributed by atoms with Gasteiger partial charge >= 0.3 is 11.9 Å². The minimum atomic E-state index is -1.12. The predicted molar refractivity (Wildman–Crippen MR) is 152 cm³/mol. The third-order valence-corrected chi connectivity index (χ3v) is 6.95. The number of fused-ring (bicyclic) bond motifs is 2. The first-order valence-corrected chi connectivity index (χ1v) is 12.2. The number of carboxylic acids is 2. The van der Waals surface area contributed by atoms with Gasteiger partial charge in [-0.1, -0.05) is 109 Å². The Balaban J connectivity index is 1.88. The van der Waals surface area contributed by atoms with Gasteiger partial charge in [-0.3, -0.25) is 0 Å². The number of hydrogen-bond donors (Lipinski definition) is 2. The van der Waals surface area contributed by atoms with Crippen LogP contribution in [0.3, 0.4) is 0 Å². The van der Waals surface area contributed by atoms with Gasteiger partial charge in [0.1, 0.15) is 0 Å². The first-order chi connectivity index (χ1) is 18.5. The lowest BCUT2D eigenvalue weighted by Crippen LogP contribution is -2.09. The van der Waals surface area contributed by atoms with Crippen LogP contribution in [-0.4, -0.2) is 22.2 Å². The molecule has 0 unspecified atom stereocenters. The lowest BCUT2D eigenvalue weighted by molar-refractivity contribution is 0.0685. The van der Waals surface area contributed by atoms with Gasteiger partial charge in [-0.05, 0) is 55.9 Å². The zero-order chi connectivity index (χ0) is 26.2. The molecule has 38 heavy (non-hydrogen) atoms. The number of rotatable bonds is 5. The fourth-order valence-electron chi connectivity index (χ4n) is 5.35. The molecule has 0 spiro atoms. The Hall–Kier alpha value is -5.22. The maximum absolute atomic E-state index is 13.1. The summed E-state index contributed by atoms with van der Waals surface area (Å²) in [5, 5.41) is 24.4. The fraction of sp³-hybridized carbons (Fsp3) is 0. The Bertz CT molecular complexity index is 1720. The van der Waals surface area contributed by atoms with Gasteiger partial charge < -0.3 is 10.2 Å². The van der Waals surface area contributed by atoms with E-state index in [-0.39, 0.29) is 11.1 Å². The van der Waals surface area contributed by atoms with Gasteiger partial charge in [0.15, 0.2) is 0 Å². The average Bonchev–Trinajstić information content (AvgIpc) is 2.96. The summed E-state index contributed by atoms with van der Waals surface area (Å²) in [7, 11) is 0. The predicted octanol–water partition coefficient (Wildman–Crippen LogP) is 8.39. The zero-order valence-corrected chi connectivity index (χ0v) is 20.3. The van der Waals surface area contributed by atoms with Gasteiger partial charge in [0, 0.05) is 11.1 Å². The number of aromatic carboxylic acids is 2. The van der Waals surface area contributed by atoms with Crippen LogP contribution in [0.4, 0.5) is 0 Å². The lowest BCUT2D eigenvalue weighted by Gasteiger charge is -2.21. The number of hydrogen-bond acceptors (Lipinski definition) is 2. The third-order valence-electron chi connectivity index (χ3n) is 6.95. The van der Waals surface area contributed by atoms with Crippen molar-refractivity contribution in [2.24, 2.45) is 0 Å². The second-order valence-electron chi connectivity index (χ2n) is 9.13. The van der Waals surface area contributed by atoms with Crippen LogP contribution in [-0.2, 0) is 0 Å². The minimum Gasteiger partial charge on any atom is -0.478 e. The van der Waals surface area contributed by atoms with Crippen LogP contribution >= 0.6 is 0 Å². The molecule has 0 amide bonds. The maximum atomic E-state index is 13.1. The molecule has 6 aromatic carbocycles. The molecule has 0 radical (unpaired) electrons. The molecule has 6 rings (SSSR count). The molecule has 0 saturated carbocycles. The molecule has 0 saturated heterocycles. The van der Waals surface area contributed by atoms with Crippen molar-refractivity contribution in [1.82, 2.24) is 0 Å². The summed E-state index contributed by atoms with van der Waals surface area (Å²) in [6, 6.07) is 37.6. The molecule has 0 heterocycles. The zero-order valence-electron chi connectivity index (χ0n) is 20.3. The number of carbonyl (C=O) groups is 2. The molecule has 2 N–H and O–H groups in total. The SMILES string of the molecule is O=C(O)c1c(-c2ccccc2)cc2ccccc2c1-c1c(C(=O)O)c(-c2ccccc2)cc2ccccc12. The second-order valence-corrected chi connectivity index (χ2v) is 9.13. The fourth-order valence-corrected chi connectivity index (χ4v) is 5.35. The average molecular weight is 495 g/mol. The molecule has 6 aromatic rings. The lowest BCUT2D eigenvalue weighted by atomic mass is 9.81. The van der Waals surface area contributed by atoms with Crippen LogP contribution in [0.2, 0.25) is 0 Å².